The Morgan fingerprint density at radius 2 is 2.38 bits per heavy atom. The van der Waals surface area contributed by atoms with Crippen molar-refractivity contribution in [3.05, 3.63) is 33.1 Å². The molecule has 0 saturated carbocycles. The van der Waals surface area contributed by atoms with Crippen LogP contribution in [0.25, 0.3) is 0 Å². The van der Waals surface area contributed by atoms with E-state index in [1.165, 1.54) is 16.8 Å². The normalized spacial score (nSPS) is 29.5. The van der Waals surface area contributed by atoms with Crippen molar-refractivity contribution < 1.29 is 9.84 Å². The summed E-state index contributed by atoms with van der Waals surface area (Å²) in [7, 11) is 0. The van der Waals surface area contributed by atoms with E-state index in [9.17, 15) is 9.59 Å². The fourth-order valence-electron chi connectivity index (χ4n) is 1.68. The average molecular weight is 247 g/mol. The molecule has 0 bridgehead atoms. The lowest BCUT2D eigenvalue weighted by Crippen LogP contribution is -2.31. The molecule has 2 N–H and O–H groups in total. The van der Waals surface area contributed by atoms with Crippen LogP contribution in [0.3, 0.4) is 0 Å². The Morgan fingerprint density at radius 1 is 1.62 bits per heavy atom. The number of aliphatic hydroxyl groups excluding tert-OH is 1. The van der Waals surface area contributed by atoms with Gasteiger partial charge >= 0.3 is 5.69 Å². The topological polar surface area (TPSA) is 84.3 Å². The molecule has 0 aromatic carbocycles. The molecule has 1 aliphatic rings. The Labute approximate surface area is 95.4 Å². The fourth-order valence-corrected chi connectivity index (χ4v) is 1.97. The smallest absolute Gasteiger partial charge is 0.330 e. The van der Waals surface area contributed by atoms with Gasteiger partial charge in [0.15, 0.2) is 0 Å². The van der Waals surface area contributed by atoms with Gasteiger partial charge in [0, 0.05) is 18.7 Å². The van der Waals surface area contributed by atoms with E-state index in [4.69, 9.17) is 21.4 Å². The fraction of sp³-hybridized carbons (Fsp3) is 0.556. The van der Waals surface area contributed by atoms with Crippen LogP contribution in [0.1, 0.15) is 12.6 Å². The molecular weight excluding hydrogens is 236 g/mol. The minimum absolute atomic E-state index is 0.192. The Kier molecular flexibility index (Phi) is 3.13. The van der Waals surface area contributed by atoms with Gasteiger partial charge in [0.1, 0.15) is 6.23 Å². The Morgan fingerprint density at radius 3 is 2.94 bits per heavy atom. The first kappa shape index (κ1) is 11.4. The van der Waals surface area contributed by atoms with Crippen LogP contribution in [0.5, 0.6) is 0 Å². The van der Waals surface area contributed by atoms with Crippen molar-refractivity contribution in [2.45, 2.75) is 24.1 Å². The zero-order chi connectivity index (χ0) is 11.7. The maximum atomic E-state index is 11.5. The highest BCUT2D eigenvalue weighted by atomic mass is 35.5. The summed E-state index contributed by atoms with van der Waals surface area (Å²) in [5.41, 5.74) is -1.000. The number of hydrogen-bond donors (Lipinski definition) is 2. The number of aromatic nitrogens is 2. The lowest BCUT2D eigenvalue weighted by Gasteiger charge is -2.13. The number of rotatable bonds is 2. The number of nitrogens with one attached hydrogen (secondary N) is 1. The predicted molar refractivity (Wildman–Crippen MR) is 56.6 cm³/mol. The number of aromatic amines is 1. The zero-order valence-corrected chi connectivity index (χ0v) is 9.05. The number of alkyl halides is 1. The number of H-pyrrole nitrogens is 1. The first-order valence-corrected chi connectivity index (χ1v) is 5.27. The maximum absolute atomic E-state index is 11.5. The van der Waals surface area contributed by atoms with Crippen LogP contribution in [0.2, 0.25) is 0 Å². The molecule has 1 aromatic rings. The molecule has 7 heteroatoms. The van der Waals surface area contributed by atoms with Crippen molar-refractivity contribution in [2.75, 3.05) is 6.61 Å². The molecule has 1 aliphatic heterocycles. The SMILES string of the molecule is O=c1ccn([C@H]2C[C@@H](Cl)C(CO)O2)c(=O)[nH]1. The zero-order valence-electron chi connectivity index (χ0n) is 8.30. The molecule has 1 aromatic heterocycles. The van der Waals surface area contributed by atoms with Crippen LogP contribution in [-0.2, 0) is 4.74 Å². The molecule has 3 atom stereocenters. The Bertz CT molecular complexity index is 483. The largest absolute Gasteiger partial charge is 0.394 e. The van der Waals surface area contributed by atoms with E-state index in [0.717, 1.165) is 0 Å². The van der Waals surface area contributed by atoms with Crippen molar-refractivity contribution in [3.8, 4) is 0 Å². The summed E-state index contributed by atoms with van der Waals surface area (Å²) in [6, 6.07) is 1.24. The lowest BCUT2D eigenvalue weighted by molar-refractivity contribution is -0.0240. The van der Waals surface area contributed by atoms with Crippen LogP contribution in [0.4, 0.5) is 0 Å². The van der Waals surface area contributed by atoms with Gasteiger partial charge in [-0.05, 0) is 0 Å². The van der Waals surface area contributed by atoms with E-state index in [2.05, 4.69) is 4.98 Å². The molecular formula is C9H11ClN2O4. The van der Waals surface area contributed by atoms with Gasteiger partial charge in [-0.1, -0.05) is 0 Å². The average Bonchev–Trinajstić information content (AvgIpc) is 2.59. The van der Waals surface area contributed by atoms with Gasteiger partial charge in [0.25, 0.3) is 5.56 Å². The standard InChI is InChI=1S/C9H11ClN2O4/c10-5-3-8(16-6(5)4-13)12-2-1-7(14)11-9(12)15/h1-2,5-6,8,13H,3-4H2,(H,11,14,15)/t5-,6?,8-/m1/s1. The van der Waals surface area contributed by atoms with E-state index < -0.39 is 23.6 Å². The Hall–Kier alpha value is -1.11. The second kappa shape index (κ2) is 4.40. The van der Waals surface area contributed by atoms with Gasteiger partial charge in [0.2, 0.25) is 0 Å². The van der Waals surface area contributed by atoms with E-state index in [0.29, 0.717) is 6.42 Å². The summed E-state index contributed by atoms with van der Waals surface area (Å²) in [5, 5.41) is 8.62. The van der Waals surface area contributed by atoms with Crippen LogP contribution in [-0.4, -0.2) is 32.7 Å². The predicted octanol–water partition coefficient (Wildman–Crippen LogP) is -0.576. The van der Waals surface area contributed by atoms with Crippen LogP contribution >= 0.6 is 11.6 Å². The van der Waals surface area contributed by atoms with Gasteiger partial charge in [-0.2, -0.15) is 0 Å². The van der Waals surface area contributed by atoms with Crippen LogP contribution in [0.15, 0.2) is 21.9 Å². The van der Waals surface area contributed by atoms with Gasteiger partial charge in [-0.25, -0.2) is 4.79 Å². The van der Waals surface area contributed by atoms with Crippen LogP contribution in [0, 0.1) is 0 Å². The first-order valence-electron chi connectivity index (χ1n) is 4.83. The first-order chi connectivity index (χ1) is 7.61. The monoisotopic (exact) mass is 246 g/mol. The molecule has 2 heterocycles. The quantitative estimate of drug-likeness (QED) is 0.684. The summed E-state index contributed by atoms with van der Waals surface area (Å²) in [6.07, 6.45) is 0.753. The minimum Gasteiger partial charge on any atom is -0.394 e. The Balaban J connectivity index is 2.27. The van der Waals surface area contributed by atoms with Gasteiger partial charge < -0.3 is 9.84 Å². The molecule has 1 fully saturated rings. The third-order valence-electron chi connectivity index (χ3n) is 2.50. The number of hydrogen-bond acceptors (Lipinski definition) is 4. The summed E-state index contributed by atoms with van der Waals surface area (Å²) in [5.74, 6) is 0. The second-order valence-electron chi connectivity index (χ2n) is 3.58. The molecule has 1 saturated heterocycles. The van der Waals surface area contributed by atoms with Gasteiger partial charge in [-0.3, -0.25) is 14.3 Å². The minimum atomic E-state index is -0.542. The third-order valence-corrected chi connectivity index (χ3v) is 2.96. The summed E-state index contributed by atoms with van der Waals surface area (Å²) in [6.45, 7) is -0.192. The van der Waals surface area contributed by atoms with Crippen molar-refractivity contribution in [1.29, 1.82) is 0 Å². The van der Waals surface area contributed by atoms with E-state index >= 15 is 0 Å². The third kappa shape index (κ3) is 2.04. The van der Waals surface area contributed by atoms with E-state index in [-0.39, 0.29) is 12.0 Å². The van der Waals surface area contributed by atoms with Crippen molar-refractivity contribution in [2.24, 2.45) is 0 Å². The van der Waals surface area contributed by atoms with Crippen molar-refractivity contribution in [3.63, 3.8) is 0 Å². The highest BCUT2D eigenvalue weighted by molar-refractivity contribution is 6.21. The summed E-state index contributed by atoms with van der Waals surface area (Å²) in [4.78, 5) is 24.4. The molecule has 2 rings (SSSR count). The second-order valence-corrected chi connectivity index (χ2v) is 4.14. The molecule has 0 aliphatic carbocycles. The lowest BCUT2D eigenvalue weighted by atomic mass is 10.2. The number of nitrogens with zero attached hydrogens (tertiary/aromatic N) is 1. The van der Waals surface area contributed by atoms with Crippen molar-refractivity contribution in [1.82, 2.24) is 9.55 Å². The maximum Gasteiger partial charge on any atom is 0.330 e. The van der Waals surface area contributed by atoms with Gasteiger partial charge in [-0.15, -0.1) is 11.6 Å². The van der Waals surface area contributed by atoms with Crippen molar-refractivity contribution >= 4 is 11.6 Å². The van der Waals surface area contributed by atoms with Gasteiger partial charge in [0.05, 0.1) is 18.1 Å². The van der Waals surface area contributed by atoms with Crippen LogP contribution < -0.4 is 11.2 Å². The molecule has 6 nitrogen and oxygen atoms in total. The summed E-state index contributed by atoms with van der Waals surface area (Å²) < 4.78 is 6.64. The molecule has 88 valence electrons. The molecule has 16 heavy (non-hydrogen) atoms. The number of halogens is 1. The number of ether oxygens (including phenoxy) is 1. The summed E-state index contributed by atoms with van der Waals surface area (Å²) >= 11 is 5.93. The molecule has 0 radical (unpaired) electrons. The highest BCUT2D eigenvalue weighted by Crippen LogP contribution is 2.30. The molecule has 0 spiro atoms. The van der Waals surface area contributed by atoms with E-state index in [1.54, 1.807) is 0 Å². The molecule has 0 amide bonds. The number of aliphatic hydroxyl groups is 1. The molecule has 1 unspecified atom stereocenters. The van der Waals surface area contributed by atoms with E-state index in [1.807, 2.05) is 0 Å². The highest BCUT2D eigenvalue weighted by Gasteiger charge is 2.34.